The second kappa shape index (κ2) is 9.56. The van der Waals surface area contributed by atoms with E-state index in [4.69, 9.17) is 5.11 Å². The molecule has 0 radical (unpaired) electrons. The van der Waals surface area contributed by atoms with E-state index in [1.54, 1.807) is 6.92 Å². The molecule has 1 unspecified atom stereocenters. The molecule has 0 aliphatic rings. The minimum atomic E-state index is -6.85. The molecule has 0 aliphatic heterocycles. The topological polar surface area (TPSA) is 115 Å². The Hall–Kier alpha value is -1.09. The Morgan fingerprint density at radius 3 is 1.56 bits per heavy atom. The number of aliphatic carboxylic acids is 1. The molecular weight excluding hydrogens is 410 g/mol. The first-order valence-electron chi connectivity index (χ1n) is 6.45. The van der Waals surface area contributed by atoms with Gasteiger partial charge < -0.3 is 5.11 Å². The first-order valence-corrected chi connectivity index (χ1v) is 9.27. The Morgan fingerprint density at radius 1 is 0.960 bits per heavy atom. The summed E-state index contributed by atoms with van der Waals surface area (Å²) in [5.41, 5.74) is -12.5. The van der Waals surface area contributed by atoms with Gasteiger partial charge in [0.1, 0.15) is 0 Å². The molecule has 0 saturated carbocycles. The zero-order valence-electron chi connectivity index (χ0n) is 12.9. The summed E-state index contributed by atoms with van der Waals surface area (Å²) in [5, 5.41) is 8.48. The fraction of sp³-hybridized carbons (Fsp3) is 0.900. The van der Waals surface area contributed by atoms with Crippen LogP contribution in [0.3, 0.4) is 0 Å². The summed E-state index contributed by atoms with van der Waals surface area (Å²) >= 11 is 0. The van der Waals surface area contributed by atoms with Crippen LogP contribution < -0.4 is 0 Å². The van der Waals surface area contributed by atoms with E-state index >= 15 is 0 Å². The average molecular weight is 426 g/mol. The van der Waals surface area contributed by atoms with Gasteiger partial charge in [0.05, 0.1) is 5.92 Å². The zero-order chi connectivity index (χ0) is 20.7. The largest absolute Gasteiger partial charge is 0.524 e. The summed E-state index contributed by atoms with van der Waals surface area (Å²) in [6, 6.07) is 0. The SMILES string of the molecule is CCCCCC(C)C(=O)O.O=S(=O)(OS(=O)(=O)C(F)(F)F)C(F)(F)F. The summed E-state index contributed by atoms with van der Waals surface area (Å²) in [7, 11) is -13.7. The molecule has 1 atom stereocenters. The van der Waals surface area contributed by atoms with Crippen molar-refractivity contribution in [2.24, 2.45) is 5.92 Å². The number of carboxylic acid groups (broad SMARTS) is 1. The van der Waals surface area contributed by atoms with Crippen molar-refractivity contribution in [2.45, 2.75) is 50.5 Å². The molecule has 7 nitrogen and oxygen atoms in total. The first-order chi connectivity index (χ1) is 10.9. The molecular formula is C10H16F6O7S2. The van der Waals surface area contributed by atoms with Crippen LogP contribution in [0.1, 0.15) is 39.5 Å². The van der Waals surface area contributed by atoms with Gasteiger partial charge in [0.25, 0.3) is 0 Å². The van der Waals surface area contributed by atoms with Gasteiger partial charge in [0, 0.05) is 0 Å². The van der Waals surface area contributed by atoms with Crippen LogP contribution in [-0.2, 0) is 28.7 Å². The van der Waals surface area contributed by atoms with Gasteiger partial charge in [-0.1, -0.05) is 33.1 Å². The van der Waals surface area contributed by atoms with Crippen molar-refractivity contribution in [2.75, 3.05) is 0 Å². The number of carbonyl (C=O) groups is 1. The molecule has 1 N–H and O–H groups in total. The van der Waals surface area contributed by atoms with E-state index in [2.05, 4.69) is 6.92 Å². The van der Waals surface area contributed by atoms with E-state index in [0.717, 1.165) is 25.7 Å². The van der Waals surface area contributed by atoms with Crippen molar-refractivity contribution in [1.29, 1.82) is 0 Å². The highest BCUT2D eigenvalue weighted by molar-refractivity contribution is 8.00. The van der Waals surface area contributed by atoms with Gasteiger partial charge >= 0.3 is 37.2 Å². The predicted octanol–water partition coefficient (Wildman–Crippen LogP) is 2.99. The molecule has 0 aliphatic carbocycles. The van der Waals surface area contributed by atoms with Crippen molar-refractivity contribution in [1.82, 2.24) is 0 Å². The molecule has 152 valence electrons. The van der Waals surface area contributed by atoms with Crippen LogP contribution in [0.2, 0.25) is 0 Å². The fourth-order valence-corrected chi connectivity index (χ4v) is 2.58. The van der Waals surface area contributed by atoms with Crippen LogP contribution in [0.5, 0.6) is 0 Å². The van der Waals surface area contributed by atoms with Gasteiger partial charge in [-0.15, -0.1) is 3.63 Å². The molecule has 0 saturated heterocycles. The van der Waals surface area contributed by atoms with E-state index in [1.807, 2.05) is 3.63 Å². The highest BCUT2D eigenvalue weighted by Gasteiger charge is 2.57. The van der Waals surface area contributed by atoms with Gasteiger partial charge in [-0.25, -0.2) is 0 Å². The number of halogens is 6. The lowest BCUT2D eigenvalue weighted by Gasteiger charge is -2.09. The van der Waals surface area contributed by atoms with Crippen LogP contribution in [0, 0.1) is 5.92 Å². The summed E-state index contributed by atoms with van der Waals surface area (Å²) < 4.78 is 110. The fourth-order valence-electron chi connectivity index (χ4n) is 1.02. The van der Waals surface area contributed by atoms with Crippen molar-refractivity contribution in [3.63, 3.8) is 0 Å². The van der Waals surface area contributed by atoms with E-state index in [1.165, 1.54) is 0 Å². The molecule has 0 spiro atoms. The van der Waals surface area contributed by atoms with Crippen LogP contribution >= 0.6 is 0 Å². The van der Waals surface area contributed by atoms with Crippen molar-refractivity contribution in [3.05, 3.63) is 0 Å². The summed E-state index contributed by atoms with van der Waals surface area (Å²) in [5.74, 6) is -0.831. The summed E-state index contributed by atoms with van der Waals surface area (Å²) in [6.07, 6.45) is 4.18. The molecule has 15 heteroatoms. The Labute approximate surface area is 140 Å². The lowest BCUT2D eigenvalue weighted by molar-refractivity contribution is -0.141. The highest BCUT2D eigenvalue weighted by Crippen LogP contribution is 2.32. The zero-order valence-corrected chi connectivity index (χ0v) is 14.5. The lowest BCUT2D eigenvalue weighted by Crippen LogP contribution is -2.34. The third kappa shape index (κ3) is 9.84. The minimum Gasteiger partial charge on any atom is -0.481 e. The molecule has 0 bridgehead atoms. The minimum absolute atomic E-state index is 0.161. The molecule has 0 aromatic carbocycles. The normalized spacial score (nSPS) is 14.4. The maximum atomic E-state index is 11.4. The second-order valence-corrected chi connectivity index (χ2v) is 7.89. The Kier molecular flexibility index (Phi) is 10.0. The molecule has 0 heterocycles. The number of hydrogen-bond donors (Lipinski definition) is 1. The van der Waals surface area contributed by atoms with E-state index in [0.29, 0.717) is 0 Å². The number of rotatable bonds is 7. The quantitative estimate of drug-likeness (QED) is 0.378. The Morgan fingerprint density at radius 2 is 1.32 bits per heavy atom. The van der Waals surface area contributed by atoms with Crippen LogP contribution in [0.25, 0.3) is 0 Å². The van der Waals surface area contributed by atoms with Gasteiger partial charge in [-0.2, -0.15) is 43.2 Å². The Bertz CT molecular complexity index is 579. The smallest absolute Gasteiger partial charge is 0.481 e. The lowest BCUT2D eigenvalue weighted by atomic mass is 10.0. The maximum Gasteiger partial charge on any atom is 0.524 e. The molecule has 0 amide bonds. The van der Waals surface area contributed by atoms with E-state index in [-0.39, 0.29) is 5.92 Å². The van der Waals surface area contributed by atoms with Gasteiger partial charge in [0.15, 0.2) is 0 Å². The number of hydrogen-bond acceptors (Lipinski definition) is 6. The van der Waals surface area contributed by atoms with Crippen molar-refractivity contribution >= 4 is 26.2 Å². The molecule has 0 aromatic heterocycles. The first kappa shape index (κ1) is 26.1. The monoisotopic (exact) mass is 426 g/mol. The Balaban J connectivity index is 0. The maximum absolute atomic E-state index is 11.4. The summed E-state index contributed by atoms with van der Waals surface area (Å²) in [4.78, 5) is 10.3. The average Bonchev–Trinajstić information content (AvgIpc) is 2.35. The molecule has 0 fully saturated rings. The van der Waals surface area contributed by atoms with Crippen LogP contribution in [0.4, 0.5) is 26.3 Å². The van der Waals surface area contributed by atoms with Crippen LogP contribution in [-0.4, -0.2) is 38.9 Å². The van der Waals surface area contributed by atoms with Gasteiger partial charge in [-0.05, 0) is 6.42 Å². The highest BCUT2D eigenvalue weighted by atomic mass is 32.3. The summed E-state index contributed by atoms with van der Waals surface area (Å²) in [6.45, 7) is 3.88. The molecule has 0 aromatic rings. The van der Waals surface area contributed by atoms with Crippen LogP contribution in [0.15, 0.2) is 0 Å². The third-order valence-corrected chi connectivity index (χ3v) is 4.98. The second-order valence-electron chi connectivity index (χ2n) is 4.60. The van der Waals surface area contributed by atoms with Gasteiger partial charge in [-0.3, -0.25) is 4.79 Å². The van der Waals surface area contributed by atoms with E-state index < -0.39 is 37.2 Å². The van der Waals surface area contributed by atoms with Crippen molar-refractivity contribution < 1.29 is 56.7 Å². The number of carboxylic acids is 1. The standard InChI is InChI=1S/C8H16O2.C2F6O5S2/c1-3-4-5-6-7(2)8(9)10;3-1(4,5)14(9,10)13-15(11,12)2(6,7)8/h7H,3-6H2,1-2H3,(H,9,10);. The van der Waals surface area contributed by atoms with Gasteiger partial charge in [0.2, 0.25) is 0 Å². The third-order valence-electron chi connectivity index (χ3n) is 2.41. The molecule has 25 heavy (non-hydrogen) atoms. The number of alkyl halides is 6. The van der Waals surface area contributed by atoms with Crippen molar-refractivity contribution in [3.8, 4) is 0 Å². The number of unbranched alkanes of at least 4 members (excludes halogenated alkanes) is 2. The van der Waals surface area contributed by atoms with E-state index in [9.17, 15) is 48.0 Å². The predicted molar refractivity (Wildman–Crippen MR) is 72.0 cm³/mol. The molecule has 0 rings (SSSR count).